The Kier molecular flexibility index (Phi) is 16.3. The molecule has 2 amide bonds. The van der Waals surface area contributed by atoms with E-state index in [1.807, 2.05) is 111 Å². The van der Waals surface area contributed by atoms with Gasteiger partial charge in [-0.15, -0.1) is 0 Å². The van der Waals surface area contributed by atoms with E-state index in [9.17, 15) is 24.4 Å². The number of nitrogens with zero attached hydrogens (tertiary/aromatic N) is 7. The van der Waals surface area contributed by atoms with E-state index >= 15 is 0 Å². The lowest BCUT2D eigenvalue weighted by molar-refractivity contribution is -0.129. The number of nitriles is 1. The van der Waals surface area contributed by atoms with Gasteiger partial charge in [0.2, 0.25) is 11.8 Å². The van der Waals surface area contributed by atoms with Crippen LogP contribution in [0.5, 0.6) is 11.5 Å². The summed E-state index contributed by atoms with van der Waals surface area (Å²) in [5.74, 6) is 0.0129. The minimum absolute atomic E-state index is 0.0443. The van der Waals surface area contributed by atoms with Crippen LogP contribution in [-0.2, 0) is 37.1 Å². The lowest BCUT2D eigenvalue weighted by Crippen LogP contribution is -2.67. The maximum Gasteiger partial charge on any atom is 0.328 e. The molecule has 20 heteroatoms. The summed E-state index contributed by atoms with van der Waals surface area (Å²) in [6, 6.07) is 26.6. The van der Waals surface area contributed by atoms with E-state index in [1.165, 1.54) is 30.3 Å². The fourth-order valence-corrected chi connectivity index (χ4v) is 9.80. The van der Waals surface area contributed by atoms with Crippen molar-refractivity contribution in [3.63, 3.8) is 0 Å². The monoisotopic (exact) mass is 933 g/mol. The molecule has 5 N–H and O–H groups in total. The van der Waals surface area contributed by atoms with Crippen molar-refractivity contribution in [3.05, 3.63) is 141 Å². The number of nitrogens with two attached hydrogens (primary N) is 1. The predicted molar refractivity (Wildman–Crippen MR) is 253 cm³/mol. The van der Waals surface area contributed by atoms with Gasteiger partial charge in [0.1, 0.15) is 42.1 Å². The molecule has 0 aliphatic rings. The molecule has 3 aromatic carbocycles. The molecular weight excluding hydrogens is 878 g/mol. The number of aromatic nitrogens is 6. The Labute approximate surface area is 389 Å². The largest absolute Gasteiger partial charge is 0.497 e. The van der Waals surface area contributed by atoms with Gasteiger partial charge in [-0.05, 0) is 75.6 Å². The van der Waals surface area contributed by atoms with E-state index in [-0.39, 0.29) is 49.5 Å². The molecule has 0 fully saturated rings. The number of carbonyl (C=O) groups excluding carboxylic acids is 2. The van der Waals surface area contributed by atoms with Crippen molar-refractivity contribution in [1.29, 1.82) is 5.26 Å². The highest BCUT2D eigenvalue weighted by Gasteiger charge is 2.48. The van der Waals surface area contributed by atoms with E-state index in [4.69, 9.17) is 24.3 Å². The highest BCUT2D eigenvalue weighted by atomic mass is 31.2. The maximum absolute atomic E-state index is 15.0. The van der Waals surface area contributed by atoms with Crippen LogP contribution in [0, 0.1) is 18.3 Å². The van der Waals surface area contributed by atoms with Gasteiger partial charge in [-0.3, -0.25) is 23.9 Å². The van der Waals surface area contributed by atoms with Gasteiger partial charge < -0.3 is 39.5 Å². The van der Waals surface area contributed by atoms with Crippen molar-refractivity contribution in [2.75, 3.05) is 33.2 Å². The highest BCUT2D eigenvalue weighted by Crippen LogP contribution is 2.49. The van der Waals surface area contributed by atoms with Crippen LogP contribution in [-0.4, -0.2) is 90.7 Å². The molecule has 0 aliphatic carbocycles. The zero-order valence-corrected chi connectivity index (χ0v) is 39.5. The molecular formula is C47H56N11O8P. The Morgan fingerprint density at radius 3 is 1.96 bits per heavy atom. The molecule has 2 unspecified atom stereocenters. The molecule has 6 aromatic rings. The van der Waals surface area contributed by atoms with Crippen LogP contribution in [0.25, 0.3) is 11.2 Å². The van der Waals surface area contributed by atoms with Crippen molar-refractivity contribution in [3.8, 4) is 17.6 Å². The number of amides is 2. The molecule has 0 bridgehead atoms. The lowest BCUT2D eigenvalue weighted by Gasteiger charge is -2.46. The number of anilines is 1. The Morgan fingerprint density at radius 2 is 1.40 bits per heavy atom. The second kappa shape index (κ2) is 22.0. The van der Waals surface area contributed by atoms with E-state index < -0.39 is 55.8 Å². The van der Waals surface area contributed by atoms with Crippen LogP contribution in [0.1, 0.15) is 62.8 Å². The van der Waals surface area contributed by atoms with Gasteiger partial charge in [-0.25, -0.2) is 24.4 Å². The van der Waals surface area contributed by atoms with Gasteiger partial charge in [0, 0.05) is 35.7 Å². The highest BCUT2D eigenvalue weighted by molar-refractivity contribution is 7.44. The van der Waals surface area contributed by atoms with Crippen LogP contribution in [0.4, 0.5) is 5.82 Å². The number of rotatable bonds is 22. The molecule has 0 saturated heterocycles. The SMILES string of the molecule is COc1ccc(C(CC(COP(OCCC#N)N(C(C)C)C(C)C)(NC(=O)Cn2cc(C)c(=O)[nH]c2=O)NC(=O)Cn2cnc3c(N)ncnc32)(c2ccccc2)c2ccc(OC)cc2)cc1. The summed E-state index contributed by atoms with van der Waals surface area (Å²) in [6.45, 7) is 8.23. The van der Waals surface area contributed by atoms with Gasteiger partial charge in [0.05, 0.1) is 46.3 Å². The first-order chi connectivity index (χ1) is 32.1. The summed E-state index contributed by atoms with van der Waals surface area (Å²) in [6.07, 6.45) is 3.95. The second-order valence-electron chi connectivity index (χ2n) is 16.4. The van der Waals surface area contributed by atoms with E-state index in [1.54, 1.807) is 14.2 Å². The number of aryl methyl sites for hydroxylation is 1. The number of benzene rings is 3. The van der Waals surface area contributed by atoms with Crippen LogP contribution in [0.3, 0.4) is 0 Å². The zero-order valence-electron chi connectivity index (χ0n) is 38.6. The lowest BCUT2D eigenvalue weighted by atomic mass is 9.64. The van der Waals surface area contributed by atoms with Crippen molar-refractivity contribution in [2.24, 2.45) is 0 Å². The molecule has 3 aromatic heterocycles. The van der Waals surface area contributed by atoms with E-state index in [0.29, 0.717) is 22.7 Å². The predicted octanol–water partition coefficient (Wildman–Crippen LogP) is 4.93. The number of hydrogen-bond donors (Lipinski definition) is 4. The van der Waals surface area contributed by atoms with Crippen LogP contribution < -0.4 is 37.1 Å². The second-order valence-corrected chi connectivity index (χ2v) is 17.9. The zero-order chi connectivity index (χ0) is 48.3. The van der Waals surface area contributed by atoms with Crippen molar-refractivity contribution in [1.82, 2.24) is 44.4 Å². The quantitative estimate of drug-likeness (QED) is 0.0305. The third-order valence-electron chi connectivity index (χ3n) is 11.1. The van der Waals surface area contributed by atoms with Crippen LogP contribution >= 0.6 is 8.53 Å². The van der Waals surface area contributed by atoms with Crippen LogP contribution in [0.15, 0.2) is 107 Å². The third-order valence-corrected chi connectivity index (χ3v) is 13.1. The average Bonchev–Trinajstić information content (AvgIpc) is 3.72. The van der Waals surface area contributed by atoms with Gasteiger partial charge >= 0.3 is 5.69 Å². The Balaban J connectivity index is 1.62. The normalized spacial score (nSPS) is 13.0. The molecule has 3 heterocycles. The average molecular weight is 934 g/mol. The first kappa shape index (κ1) is 49.5. The molecule has 0 radical (unpaired) electrons. The van der Waals surface area contributed by atoms with Crippen molar-refractivity contribution >= 4 is 37.3 Å². The number of ether oxygens (including phenoxy) is 2. The summed E-state index contributed by atoms with van der Waals surface area (Å²) in [5, 5.41) is 15.9. The van der Waals surface area contributed by atoms with Gasteiger partial charge in [0.15, 0.2) is 11.5 Å². The molecule has 67 heavy (non-hydrogen) atoms. The maximum atomic E-state index is 15.0. The van der Waals surface area contributed by atoms with E-state index in [2.05, 4.69) is 36.6 Å². The number of methoxy groups -OCH3 is 2. The first-order valence-electron chi connectivity index (χ1n) is 21.5. The molecule has 352 valence electrons. The third kappa shape index (κ3) is 11.5. The molecule has 0 spiro atoms. The topological polar surface area (TPSA) is 247 Å². The number of fused-ring (bicyclic) bond motifs is 1. The Hall–Kier alpha value is -6.97. The van der Waals surface area contributed by atoms with Crippen LogP contribution in [0.2, 0.25) is 0 Å². The van der Waals surface area contributed by atoms with Gasteiger partial charge in [-0.2, -0.15) is 5.26 Å². The summed E-state index contributed by atoms with van der Waals surface area (Å²) in [7, 11) is 1.18. The number of imidazole rings is 1. The summed E-state index contributed by atoms with van der Waals surface area (Å²) < 4.78 is 29.1. The molecule has 6 rings (SSSR count). The fourth-order valence-electron chi connectivity index (χ4n) is 8.13. The summed E-state index contributed by atoms with van der Waals surface area (Å²) in [5.41, 5.74) is 4.68. The smallest absolute Gasteiger partial charge is 0.328 e. The molecule has 0 saturated carbocycles. The molecule has 19 nitrogen and oxygen atoms in total. The fraction of sp³-hybridized carbons (Fsp3) is 0.362. The molecule has 0 aliphatic heterocycles. The van der Waals surface area contributed by atoms with Crippen molar-refractivity contribution < 1.29 is 28.1 Å². The minimum atomic E-state index is -1.97. The number of H-pyrrole nitrogens is 1. The number of nitrogens with one attached hydrogen (secondary N) is 3. The summed E-state index contributed by atoms with van der Waals surface area (Å²) >= 11 is 0. The van der Waals surface area contributed by atoms with Gasteiger partial charge in [-0.1, -0.05) is 54.6 Å². The minimum Gasteiger partial charge on any atom is -0.497 e. The number of hydrogen-bond acceptors (Lipinski definition) is 14. The first-order valence-corrected chi connectivity index (χ1v) is 22.7. The Bertz CT molecular complexity index is 2740. The number of carbonyl (C=O) groups is 2. The molecule has 2 atom stereocenters. The summed E-state index contributed by atoms with van der Waals surface area (Å²) in [4.78, 5) is 70.3. The standard InChI is InChI=1S/C47H56N11O8P/c1-31(2)58(32(3)4)67(65-23-11-22-48)66-28-46(54-39(59)25-56-24-33(5)44(61)53-45(56)62,55-40(60)26-57-30-52-41-42(49)50-29-51-43(41)57)27-47(34-12-9-8-10-13-34,35-14-18-37(63-6)19-15-35)36-16-20-38(64-7)21-17-36/h8-10,12-21,24,29-32H,11,23,25-28H2,1-7H3,(H,54,59)(H,55,60)(H2,49,50,51)(H,53,61,62). The van der Waals surface area contributed by atoms with Gasteiger partial charge in [0.25, 0.3) is 14.1 Å². The van der Waals surface area contributed by atoms with E-state index in [0.717, 1.165) is 21.3 Å². The Morgan fingerprint density at radius 1 is 0.836 bits per heavy atom. The number of aromatic amines is 1. The van der Waals surface area contributed by atoms with Crippen molar-refractivity contribution in [2.45, 2.75) is 83.7 Å². The number of nitrogen functional groups attached to an aromatic ring is 1.